The van der Waals surface area contributed by atoms with E-state index in [0.29, 0.717) is 6.61 Å². The molecule has 10 heavy (non-hydrogen) atoms. The van der Waals surface area contributed by atoms with E-state index in [1.54, 1.807) is 13.0 Å². The third-order valence-corrected chi connectivity index (χ3v) is 2.48. The first-order valence-corrected chi connectivity index (χ1v) is 5.61. The molecule has 0 bridgehead atoms. The normalized spacial score (nSPS) is 17.4. The quantitative estimate of drug-likeness (QED) is 0.657. The molecule has 0 saturated carbocycles. The molecule has 0 spiro atoms. The van der Waals surface area contributed by atoms with Gasteiger partial charge in [0.25, 0.3) is 0 Å². The Morgan fingerprint density at radius 1 is 1.70 bits per heavy atom. The Bertz CT molecular complexity index is 192. The molecule has 0 heterocycles. The van der Waals surface area contributed by atoms with E-state index in [-0.39, 0.29) is 0 Å². The SMILES string of the molecule is CC=CS(=O)(=S)OCCC. The summed E-state index contributed by atoms with van der Waals surface area (Å²) in [5.41, 5.74) is 0. The lowest BCUT2D eigenvalue weighted by atomic mass is 10.5. The fourth-order valence-corrected chi connectivity index (χ4v) is 1.75. The molecule has 0 aromatic carbocycles. The van der Waals surface area contributed by atoms with Crippen molar-refractivity contribution >= 4 is 20.0 Å². The van der Waals surface area contributed by atoms with E-state index in [2.05, 4.69) is 11.2 Å². The average Bonchev–Trinajstić information content (AvgIpc) is 1.84. The molecule has 4 heteroatoms. The minimum absolute atomic E-state index is 0.465. The van der Waals surface area contributed by atoms with Gasteiger partial charge in [-0.3, -0.25) is 4.18 Å². The maximum absolute atomic E-state index is 11.1. The summed E-state index contributed by atoms with van der Waals surface area (Å²) in [7, 11) is -2.54. The van der Waals surface area contributed by atoms with Gasteiger partial charge in [-0.05, 0) is 13.3 Å². The number of allylic oxidation sites excluding steroid dienone is 1. The van der Waals surface area contributed by atoms with Gasteiger partial charge in [0, 0.05) is 16.6 Å². The third kappa shape index (κ3) is 4.90. The van der Waals surface area contributed by atoms with Crippen LogP contribution in [-0.2, 0) is 24.1 Å². The molecular formula is C6H12O2S2. The average molecular weight is 180 g/mol. The van der Waals surface area contributed by atoms with Crippen LogP contribution in [0.3, 0.4) is 0 Å². The highest BCUT2D eigenvalue weighted by Crippen LogP contribution is 1.96. The maximum atomic E-state index is 11.1. The highest BCUT2D eigenvalue weighted by atomic mass is 32.8. The van der Waals surface area contributed by atoms with Gasteiger partial charge in [0.2, 0.25) is 0 Å². The van der Waals surface area contributed by atoms with Crippen LogP contribution in [0.1, 0.15) is 20.3 Å². The first-order chi connectivity index (χ1) is 4.62. The van der Waals surface area contributed by atoms with Gasteiger partial charge in [0.05, 0.1) is 6.61 Å². The molecule has 1 atom stereocenters. The van der Waals surface area contributed by atoms with Crippen LogP contribution in [0.4, 0.5) is 0 Å². The summed E-state index contributed by atoms with van der Waals surface area (Å²) in [6, 6.07) is 0. The second-order valence-electron chi connectivity index (χ2n) is 1.78. The summed E-state index contributed by atoms with van der Waals surface area (Å²) in [6.07, 6.45) is 2.48. The molecule has 0 aliphatic carbocycles. The van der Waals surface area contributed by atoms with Crippen LogP contribution in [-0.4, -0.2) is 10.8 Å². The van der Waals surface area contributed by atoms with E-state index in [4.69, 9.17) is 4.18 Å². The number of hydrogen-bond acceptors (Lipinski definition) is 3. The Labute approximate surface area is 67.1 Å². The number of rotatable bonds is 4. The minimum Gasteiger partial charge on any atom is -0.287 e. The summed E-state index contributed by atoms with van der Waals surface area (Å²) in [5.74, 6) is 0. The number of hydrogen-bond donors (Lipinski definition) is 0. The largest absolute Gasteiger partial charge is 0.287 e. The Balaban J connectivity index is 3.89. The van der Waals surface area contributed by atoms with Gasteiger partial charge in [-0.1, -0.05) is 13.0 Å². The zero-order chi connectivity index (χ0) is 8.04. The van der Waals surface area contributed by atoms with Crippen molar-refractivity contribution in [1.29, 1.82) is 0 Å². The topological polar surface area (TPSA) is 26.3 Å². The summed E-state index contributed by atoms with van der Waals surface area (Å²) < 4.78 is 15.9. The van der Waals surface area contributed by atoms with Crippen LogP contribution in [0.25, 0.3) is 0 Å². The lowest BCUT2D eigenvalue weighted by molar-refractivity contribution is 0.350. The summed E-state index contributed by atoms with van der Waals surface area (Å²) in [6.45, 7) is 4.18. The van der Waals surface area contributed by atoms with Crippen LogP contribution in [0.15, 0.2) is 11.5 Å². The molecule has 0 N–H and O–H groups in total. The minimum atomic E-state index is -2.54. The fraction of sp³-hybridized carbons (Fsp3) is 0.667. The molecule has 0 radical (unpaired) electrons. The van der Waals surface area contributed by atoms with Crippen LogP contribution in [0.5, 0.6) is 0 Å². The molecular weight excluding hydrogens is 168 g/mol. The van der Waals surface area contributed by atoms with Crippen LogP contribution < -0.4 is 0 Å². The molecule has 2 nitrogen and oxygen atoms in total. The van der Waals surface area contributed by atoms with Crippen LogP contribution in [0, 0.1) is 0 Å². The molecule has 0 aliphatic heterocycles. The Kier molecular flexibility index (Phi) is 4.85. The second kappa shape index (κ2) is 4.82. The van der Waals surface area contributed by atoms with Crippen molar-refractivity contribution in [1.82, 2.24) is 0 Å². The van der Waals surface area contributed by atoms with Crippen molar-refractivity contribution in [2.45, 2.75) is 20.3 Å². The van der Waals surface area contributed by atoms with Gasteiger partial charge in [-0.15, -0.1) is 0 Å². The standard InChI is InChI=1S/C6H12O2S2/c1-3-5-8-10(7,9)6-4-2/h4,6H,3,5H2,1-2H3. The molecule has 0 saturated heterocycles. The molecule has 0 aliphatic rings. The molecule has 0 amide bonds. The smallest absolute Gasteiger partial charge is 0.166 e. The zero-order valence-corrected chi connectivity index (χ0v) is 7.83. The Morgan fingerprint density at radius 3 is 2.70 bits per heavy atom. The molecule has 1 unspecified atom stereocenters. The van der Waals surface area contributed by atoms with Crippen molar-refractivity contribution in [3.63, 3.8) is 0 Å². The highest BCUT2D eigenvalue weighted by molar-refractivity contribution is 8.31. The second-order valence-corrected chi connectivity index (χ2v) is 4.67. The van der Waals surface area contributed by atoms with Gasteiger partial charge in [-0.25, -0.2) is 4.21 Å². The van der Waals surface area contributed by atoms with E-state index in [1.165, 1.54) is 5.41 Å². The van der Waals surface area contributed by atoms with Crippen molar-refractivity contribution in [2.24, 2.45) is 0 Å². The zero-order valence-electron chi connectivity index (χ0n) is 6.20. The molecule has 0 aromatic rings. The third-order valence-electron chi connectivity index (χ3n) is 0.754. The predicted octanol–water partition coefficient (Wildman–Crippen LogP) is 1.61. The van der Waals surface area contributed by atoms with Crippen molar-refractivity contribution in [3.05, 3.63) is 11.5 Å². The van der Waals surface area contributed by atoms with E-state index in [1.807, 2.05) is 6.92 Å². The van der Waals surface area contributed by atoms with E-state index in [9.17, 15) is 4.21 Å². The van der Waals surface area contributed by atoms with Gasteiger partial charge in [0.15, 0.2) is 8.77 Å². The van der Waals surface area contributed by atoms with E-state index in [0.717, 1.165) is 6.42 Å². The maximum Gasteiger partial charge on any atom is 0.166 e. The van der Waals surface area contributed by atoms with Crippen molar-refractivity contribution in [2.75, 3.05) is 6.61 Å². The van der Waals surface area contributed by atoms with Gasteiger partial charge in [0.1, 0.15) is 0 Å². The molecule has 0 rings (SSSR count). The fourth-order valence-electron chi connectivity index (χ4n) is 0.405. The summed E-state index contributed by atoms with van der Waals surface area (Å²) >= 11 is 4.63. The van der Waals surface area contributed by atoms with Gasteiger partial charge >= 0.3 is 0 Å². The predicted molar refractivity (Wildman–Crippen MR) is 46.6 cm³/mol. The molecule has 0 fully saturated rings. The Morgan fingerprint density at radius 2 is 2.30 bits per heavy atom. The van der Waals surface area contributed by atoms with Gasteiger partial charge < -0.3 is 0 Å². The lowest BCUT2D eigenvalue weighted by Gasteiger charge is -1.99. The van der Waals surface area contributed by atoms with Crippen LogP contribution in [0.2, 0.25) is 0 Å². The monoisotopic (exact) mass is 180 g/mol. The highest BCUT2D eigenvalue weighted by Gasteiger charge is 1.97. The Hall–Kier alpha value is 0.0700. The molecule has 60 valence electrons. The molecule has 0 aromatic heterocycles. The van der Waals surface area contributed by atoms with Gasteiger partial charge in [-0.2, -0.15) is 0 Å². The lowest BCUT2D eigenvalue weighted by Crippen LogP contribution is -2.00. The summed E-state index contributed by atoms with van der Waals surface area (Å²) in [5, 5.41) is 1.41. The van der Waals surface area contributed by atoms with Crippen LogP contribution >= 0.6 is 0 Å². The summed E-state index contributed by atoms with van der Waals surface area (Å²) in [4.78, 5) is 0. The van der Waals surface area contributed by atoms with E-state index >= 15 is 0 Å². The van der Waals surface area contributed by atoms with E-state index < -0.39 is 8.77 Å². The van der Waals surface area contributed by atoms with Crippen molar-refractivity contribution in [3.8, 4) is 0 Å². The first kappa shape index (κ1) is 10.1. The van der Waals surface area contributed by atoms with Crippen molar-refractivity contribution < 1.29 is 8.39 Å². The first-order valence-electron chi connectivity index (χ1n) is 3.14.